The van der Waals surface area contributed by atoms with E-state index < -0.39 is 0 Å². The standard InChI is InChI=1S/C14H11BrN2O2S/c1-2-19-13(18)12-8-20-14-16-7-11(17(12)14)9-3-5-10(15)6-4-9/h3-8H,2H2,1H3. The Morgan fingerprint density at radius 2 is 2.15 bits per heavy atom. The van der Waals surface area contributed by atoms with E-state index >= 15 is 0 Å². The molecule has 0 aliphatic carbocycles. The highest BCUT2D eigenvalue weighted by molar-refractivity contribution is 9.10. The molecule has 4 nitrogen and oxygen atoms in total. The zero-order valence-electron chi connectivity index (χ0n) is 10.7. The highest BCUT2D eigenvalue weighted by atomic mass is 79.9. The molecular weight excluding hydrogens is 340 g/mol. The van der Waals surface area contributed by atoms with E-state index in [1.165, 1.54) is 11.3 Å². The quantitative estimate of drug-likeness (QED) is 0.670. The molecule has 2 aromatic heterocycles. The first-order valence-corrected chi connectivity index (χ1v) is 7.76. The molecular formula is C14H11BrN2O2S. The van der Waals surface area contributed by atoms with Crippen LogP contribution in [0, 0.1) is 0 Å². The molecule has 0 N–H and O–H groups in total. The molecule has 0 fully saturated rings. The Balaban J connectivity index is 2.14. The van der Waals surface area contributed by atoms with E-state index in [-0.39, 0.29) is 5.97 Å². The van der Waals surface area contributed by atoms with Gasteiger partial charge in [-0.3, -0.25) is 4.40 Å². The number of carbonyl (C=O) groups excluding carboxylic acids is 1. The zero-order valence-corrected chi connectivity index (χ0v) is 13.1. The van der Waals surface area contributed by atoms with E-state index in [2.05, 4.69) is 20.9 Å². The Hall–Kier alpha value is -1.66. The molecule has 102 valence electrons. The number of benzene rings is 1. The fraction of sp³-hybridized carbons (Fsp3) is 0.143. The van der Waals surface area contributed by atoms with Crippen molar-refractivity contribution in [2.75, 3.05) is 6.61 Å². The second kappa shape index (κ2) is 5.38. The summed E-state index contributed by atoms with van der Waals surface area (Å²) in [5.41, 5.74) is 2.41. The molecule has 0 atom stereocenters. The van der Waals surface area contributed by atoms with Crippen molar-refractivity contribution >= 4 is 38.2 Å². The average Bonchev–Trinajstić information content (AvgIpc) is 3.01. The summed E-state index contributed by atoms with van der Waals surface area (Å²) >= 11 is 4.84. The summed E-state index contributed by atoms with van der Waals surface area (Å²) in [7, 11) is 0. The summed E-state index contributed by atoms with van der Waals surface area (Å²) in [5, 5.41) is 1.78. The molecule has 0 aliphatic rings. The number of imidazole rings is 1. The normalized spacial score (nSPS) is 10.9. The van der Waals surface area contributed by atoms with Crippen molar-refractivity contribution in [3.05, 3.63) is 46.0 Å². The van der Waals surface area contributed by atoms with Gasteiger partial charge in [-0.15, -0.1) is 11.3 Å². The lowest BCUT2D eigenvalue weighted by molar-refractivity contribution is 0.0519. The Morgan fingerprint density at radius 3 is 2.85 bits per heavy atom. The molecule has 0 radical (unpaired) electrons. The predicted octanol–water partition coefficient (Wildman–Crippen LogP) is 4.00. The fourth-order valence-corrected chi connectivity index (χ4v) is 3.08. The maximum absolute atomic E-state index is 12.0. The first-order chi connectivity index (χ1) is 9.70. The summed E-state index contributed by atoms with van der Waals surface area (Å²) in [6.45, 7) is 2.16. The van der Waals surface area contributed by atoms with Gasteiger partial charge in [-0.05, 0) is 19.1 Å². The number of hydrogen-bond acceptors (Lipinski definition) is 4. The third kappa shape index (κ3) is 2.25. The van der Waals surface area contributed by atoms with Gasteiger partial charge < -0.3 is 4.74 Å². The second-order valence-corrected chi connectivity index (χ2v) is 5.86. The lowest BCUT2D eigenvalue weighted by Crippen LogP contribution is -2.08. The van der Waals surface area contributed by atoms with E-state index in [0.29, 0.717) is 12.3 Å². The van der Waals surface area contributed by atoms with Crippen LogP contribution in [0.1, 0.15) is 17.4 Å². The van der Waals surface area contributed by atoms with Crippen LogP contribution in [0.4, 0.5) is 0 Å². The minimum Gasteiger partial charge on any atom is -0.461 e. The lowest BCUT2D eigenvalue weighted by atomic mass is 10.2. The largest absolute Gasteiger partial charge is 0.461 e. The summed E-state index contributed by atoms with van der Waals surface area (Å²) in [6, 6.07) is 7.90. The Kier molecular flexibility index (Phi) is 3.58. The number of nitrogens with zero attached hydrogens (tertiary/aromatic N) is 2. The number of hydrogen-bond donors (Lipinski definition) is 0. The Morgan fingerprint density at radius 1 is 1.40 bits per heavy atom. The van der Waals surface area contributed by atoms with Gasteiger partial charge in [0.1, 0.15) is 5.69 Å². The van der Waals surface area contributed by atoms with Crippen LogP contribution in [0.25, 0.3) is 16.2 Å². The number of fused-ring (bicyclic) bond motifs is 1. The number of aromatic nitrogens is 2. The second-order valence-electron chi connectivity index (χ2n) is 4.11. The summed E-state index contributed by atoms with van der Waals surface area (Å²) in [5.74, 6) is -0.324. The van der Waals surface area contributed by atoms with Gasteiger partial charge in [-0.1, -0.05) is 28.1 Å². The Labute approximate surface area is 128 Å². The molecule has 0 bridgehead atoms. The monoisotopic (exact) mass is 350 g/mol. The van der Waals surface area contributed by atoms with Gasteiger partial charge in [-0.2, -0.15) is 0 Å². The minimum absolute atomic E-state index is 0.324. The van der Waals surface area contributed by atoms with Gasteiger partial charge in [0.25, 0.3) is 0 Å². The summed E-state index contributed by atoms with van der Waals surface area (Å²) in [6.07, 6.45) is 1.78. The van der Waals surface area contributed by atoms with Crippen LogP contribution in [0.3, 0.4) is 0 Å². The highest BCUT2D eigenvalue weighted by Crippen LogP contribution is 2.27. The van der Waals surface area contributed by atoms with Crippen molar-refractivity contribution in [2.45, 2.75) is 6.92 Å². The first-order valence-electron chi connectivity index (χ1n) is 6.08. The zero-order chi connectivity index (χ0) is 14.1. The number of halogens is 1. The van der Waals surface area contributed by atoms with Crippen LogP contribution < -0.4 is 0 Å². The van der Waals surface area contributed by atoms with Crippen molar-refractivity contribution in [3.8, 4) is 11.3 Å². The molecule has 1 aromatic carbocycles. The van der Waals surface area contributed by atoms with Crippen LogP contribution >= 0.6 is 27.3 Å². The molecule has 6 heteroatoms. The van der Waals surface area contributed by atoms with E-state index in [4.69, 9.17) is 4.74 Å². The molecule has 0 aliphatic heterocycles. The third-order valence-electron chi connectivity index (χ3n) is 2.87. The van der Waals surface area contributed by atoms with Crippen molar-refractivity contribution in [1.82, 2.24) is 9.38 Å². The van der Waals surface area contributed by atoms with Crippen LogP contribution in [0.15, 0.2) is 40.3 Å². The summed E-state index contributed by atoms with van der Waals surface area (Å²) in [4.78, 5) is 17.1. The van der Waals surface area contributed by atoms with Crippen LogP contribution in [-0.4, -0.2) is 22.0 Å². The van der Waals surface area contributed by atoms with Crippen molar-refractivity contribution in [2.24, 2.45) is 0 Å². The topological polar surface area (TPSA) is 43.6 Å². The molecule has 0 saturated carbocycles. The highest BCUT2D eigenvalue weighted by Gasteiger charge is 2.17. The maximum Gasteiger partial charge on any atom is 0.356 e. The number of rotatable bonds is 3. The van der Waals surface area contributed by atoms with Gasteiger partial charge in [-0.25, -0.2) is 9.78 Å². The molecule has 2 heterocycles. The number of ether oxygens (including phenoxy) is 1. The molecule has 3 aromatic rings. The minimum atomic E-state index is -0.324. The van der Waals surface area contributed by atoms with Gasteiger partial charge in [0.15, 0.2) is 4.96 Å². The number of esters is 1. The van der Waals surface area contributed by atoms with Crippen molar-refractivity contribution < 1.29 is 9.53 Å². The Bertz CT molecular complexity index is 761. The fourth-order valence-electron chi connectivity index (χ4n) is 1.98. The van der Waals surface area contributed by atoms with Crippen LogP contribution in [0.5, 0.6) is 0 Å². The van der Waals surface area contributed by atoms with Crippen LogP contribution in [0.2, 0.25) is 0 Å². The lowest BCUT2D eigenvalue weighted by Gasteiger charge is -2.04. The molecule has 0 unspecified atom stereocenters. The summed E-state index contributed by atoms with van der Waals surface area (Å²) < 4.78 is 7.94. The van der Waals surface area contributed by atoms with Gasteiger partial charge in [0.2, 0.25) is 0 Å². The van der Waals surface area contributed by atoms with E-state index in [9.17, 15) is 4.79 Å². The van der Waals surface area contributed by atoms with Crippen LogP contribution in [-0.2, 0) is 4.74 Å². The predicted molar refractivity (Wildman–Crippen MR) is 82.2 cm³/mol. The van der Waals surface area contributed by atoms with Gasteiger partial charge >= 0.3 is 5.97 Å². The number of thiazole rings is 1. The van der Waals surface area contributed by atoms with E-state index in [0.717, 1.165) is 20.7 Å². The molecule has 0 spiro atoms. The van der Waals surface area contributed by atoms with E-state index in [1.54, 1.807) is 18.5 Å². The molecule has 3 rings (SSSR count). The maximum atomic E-state index is 12.0. The first kappa shape index (κ1) is 13.3. The third-order valence-corrected chi connectivity index (χ3v) is 4.24. The van der Waals surface area contributed by atoms with Gasteiger partial charge in [0.05, 0.1) is 18.5 Å². The SMILES string of the molecule is CCOC(=O)c1csc2ncc(-c3ccc(Br)cc3)n12. The number of carbonyl (C=O) groups is 1. The molecule has 0 amide bonds. The van der Waals surface area contributed by atoms with Crippen molar-refractivity contribution in [3.63, 3.8) is 0 Å². The average molecular weight is 351 g/mol. The van der Waals surface area contributed by atoms with Crippen molar-refractivity contribution in [1.29, 1.82) is 0 Å². The van der Waals surface area contributed by atoms with E-state index in [1.807, 2.05) is 28.7 Å². The van der Waals surface area contributed by atoms with Gasteiger partial charge in [0, 0.05) is 15.4 Å². The smallest absolute Gasteiger partial charge is 0.356 e. The molecule has 20 heavy (non-hydrogen) atoms. The molecule has 0 saturated heterocycles.